The fourth-order valence-corrected chi connectivity index (χ4v) is 15.7. The summed E-state index contributed by atoms with van der Waals surface area (Å²) >= 11 is 0. The SMILES string of the molecule is c1ccc([Si]2(c3ccccc3)c3ccccc3-c3cc(-c4ccc(-n5c6ccccc6c6cc7oc8cc9ccccc9cc8c7cc65)c5ccccc45)ccc32)cc1. The van der Waals surface area contributed by atoms with Crippen molar-refractivity contribution in [1.82, 2.24) is 4.57 Å². The highest BCUT2D eigenvalue weighted by molar-refractivity contribution is 7.22. The first kappa shape index (κ1) is 32.6. The number of rotatable bonds is 4. The molecule has 0 bridgehead atoms. The van der Waals surface area contributed by atoms with Crippen LogP contribution in [0.3, 0.4) is 0 Å². The van der Waals surface area contributed by atoms with Gasteiger partial charge in [0.25, 0.3) is 0 Å². The smallest absolute Gasteiger partial charge is 0.180 e. The third-order valence-corrected chi connectivity index (χ3v) is 17.9. The van der Waals surface area contributed by atoms with Crippen molar-refractivity contribution in [3.63, 3.8) is 0 Å². The third-order valence-electron chi connectivity index (χ3n) is 13.0. The average molecular weight is 766 g/mol. The van der Waals surface area contributed by atoms with Crippen molar-refractivity contribution in [3.8, 4) is 27.9 Å². The molecule has 10 aromatic carbocycles. The lowest BCUT2D eigenvalue weighted by molar-refractivity contribution is 0.670. The van der Waals surface area contributed by atoms with Gasteiger partial charge in [-0.3, -0.25) is 0 Å². The van der Waals surface area contributed by atoms with Crippen LogP contribution in [-0.4, -0.2) is 12.6 Å². The summed E-state index contributed by atoms with van der Waals surface area (Å²) in [4.78, 5) is 0. The van der Waals surface area contributed by atoms with E-state index in [1.54, 1.807) is 0 Å². The zero-order valence-electron chi connectivity index (χ0n) is 32.1. The first-order valence-electron chi connectivity index (χ1n) is 20.4. The Labute approximate surface area is 341 Å². The number of benzene rings is 10. The van der Waals surface area contributed by atoms with Gasteiger partial charge < -0.3 is 8.98 Å². The minimum atomic E-state index is -2.56. The largest absolute Gasteiger partial charge is 0.456 e. The van der Waals surface area contributed by atoms with Gasteiger partial charge in [-0.25, -0.2) is 0 Å². The Morgan fingerprint density at radius 1 is 0.339 bits per heavy atom. The van der Waals surface area contributed by atoms with Crippen molar-refractivity contribution in [2.75, 3.05) is 0 Å². The van der Waals surface area contributed by atoms with E-state index in [2.05, 4.69) is 217 Å². The number of nitrogens with zero attached hydrogens (tertiary/aromatic N) is 1. The lowest BCUT2D eigenvalue weighted by Gasteiger charge is -2.31. The van der Waals surface area contributed by atoms with E-state index in [1.165, 1.54) is 92.0 Å². The van der Waals surface area contributed by atoms with E-state index in [4.69, 9.17) is 4.42 Å². The second-order valence-corrected chi connectivity index (χ2v) is 19.7. The molecule has 1 aliphatic heterocycles. The van der Waals surface area contributed by atoms with Crippen LogP contribution in [0.15, 0.2) is 217 Å². The third kappa shape index (κ3) is 4.51. The Bertz CT molecular complexity index is 3630. The maximum atomic E-state index is 6.58. The summed E-state index contributed by atoms with van der Waals surface area (Å²) in [6.45, 7) is 0. The number of hydrogen-bond acceptors (Lipinski definition) is 1. The summed E-state index contributed by atoms with van der Waals surface area (Å²) < 4.78 is 9.04. The Kier molecular flexibility index (Phi) is 6.78. The Hall–Kier alpha value is -7.46. The number of furan rings is 1. The predicted molar refractivity (Wildman–Crippen MR) is 251 cm³/mol. The Morgan fingerprint density at radius 3 is 1.75 bits per heavy atom. The van der Waals surface area contributed by atoms with E-state index in [1.807, 2.05) is 0 Å². The molecule has 3 heteroatoms. The van der Waals surface area contributed by atoms with Gasteiger partial charge in [-0.1, -0.05) is 170 Å². The molecule has 0 aliphatic carbocycles. The van der Waals surface area contributed by atoms with Crippen molar-refractivity contribution in [2.24, 2.45) is 0 Å². The molecule has 0 atom stereocenters. The van der Waals surface area contributed by atoms with Crippen LogP contribution in [-0.2, 0) is 0 Å². The molecule has 0 radical (unpaired) electrons. The van der Waals surface area contributed by atoms with E-state index >= 15 is 0 Å². The second kappa shape index (κ2) is 12.3. The van der Waals surface area contributed by atoms with Crippen LogP contribution in [0.2, 0.25) is 0 Å². The lowest BCUT2D eigenvalue weighted by Crippen LogP contribution is -2.72. The Morgan fingerprint density at radius 2 is 0.949 bits per heavy atom. The molecule has 59 heavy (non-hydrogen) atoms. The molecule has 2 aromatic heterocycles. The van der Waals surface area contributed by atoms with E-state index in [9.17, 15) is 0 Å². The van der Waals surface area contributed by atoms with Gasteiger partial charge in [-0.05, 0) is 102 Å². The number of fused-ring (bicyclic) bond motifs is 11. The summed E-state index contributed by atoms with van der Waals surface area (Å²) in [5.74, 6) is 0. The maximum absolute atomic E-state index is 6.58. The first-order valence-corrected chi connectivity index (χ1v) is 22.4. The van der Waals surface area contributed by atoms with E-state index in [0.717, 1.165) is 21.9 Å². The van der Waals surface area contributed by atoms with Crippen LogP contribution in [0.5, 0.6) is 0 Å². The molecule has 274 valence electrons. The quantitative estimate of drug-likeness (QED) is 0.163. The highest BCUT2D eigenvalue weighted by atomic mass is 28.3. The summed E-state index contributed by atoms with van der Waals surface area (Å²) in [5.41, 5.74) is 10.5. The van der Waals surface area contributed by atoms with Gasteiger partial charge >= 0.3 is 0 Å². The zero-order valence-corrected chi connectivity index (χ0v) is 33.1. The summed E-state index contributed by atoms with van der Waals surface area (Å²) in [6, 6.07) is 78.9. The summed E-state index contributed by atoms with van der Waals surface area (Å²) in [7, 11) is -2.56. The molecule has 0 N–H and O–H groups in total. The summed E-state index contributed by atoms with van der Waals surface area (Å²) in [6.07, 6.45) is 0. The molecule has 12 aromatic rings. The normalized spacial score (nSPS) is 13.2. The van der Waals surface area contributed by atoms with Crippen LogP contribution in [0, 0.1) is 0 Å². The molecule has 0 amide bonds. The minimum absolute atomic E-state index is 0.913. The van der Waals surface area contributed by atoms with Crippen LogP contribution in [0.4, 0.5) is 0 Å². The van der Waals surface area contributed by atoms with Gasteiger partial charge in [0.05, 0.1) is 16.7 Å². The van der Waals surface area contributed by atoms with Gasteiger partial charge in [0.2, 0.25) is 0 Å². The van der Waals surface area contributed by atoms with E-state index in [0.29, 0.717) is 0 Å². The van der Waals surface area contributed by atoms with Crippen molar-refractivity contribution >= 4 is 94.1 Å². The highest BCUT2D eigenvalue weighted by Crippen LogP contribution is 2.42. The number of aromatic nitrogens is 1. The van der Waals surface area contributed by atoms with Gasteiger partial charge in [-0.15, -0.1) is 0 Å². The topological polar surface area (TPSA) is 18.1 Å². The molecule has 0 spiro atoms. The van der Waals surface area contributed by atoms with Gasteiger partial charge in [0.15, 0.2) is 8.07 Å². The molecule has 1 aliphatic rings. The first-order chi connectivity index (χ1) is 29.3. The van der Waals surface area contributed by atoms with Crippen molar-refractivity contribution < 1.29 is 4.42 Å². The lowest BCUT2D eigenvalue weighted by atomic mass is 9.94. The summed E-state index contributed by atoms with van der Waals surface area (Å²) in [5, 5.41) is 15.3. The Balaban J connectivity index is 1.04. The fraction of sp³-hybridized carbons (Fsp3) is 0. The van der Waals surface area contributed by atoms with E-state index < -0.39 is 8.07 Å². The molecule has 0 fully saturated rings. The maximum Gasteiger partial charge on any atom is 0.180 e. The van der Waals surface area contributed by atoms with Gasteiger partial charge in [-0.2, -0.15) is 0 Å². The number of hydrogen-bond donors (Lipinski definition) is 0. The standard InChI is InChI=1S/C56H35NOSi/c1-3-17-39(18-4-1)59(40-19-5-2-6-20-40)55-26-14-12-24-45(55)49-32-38(27-30-56(49)59)41-28-29-51(43-22-10-9-21-42(41)43)57-50-25-13-11-23-44(50)46-35-54-48(34-52(46)57)47-31-36-15-7-8-16-37(36)33-53(47)58-54/h1-35H. The average Bonchev–Trinajstić information content (AvgIpc) is 3.92. The zero-order chi connectivity index (χ0) is 38.7. The van der Waals surface area contributed by atoms with Crippen LogP contribution in [0.1, 0.15) is 0 Å². The molecule has 3 heterocycles. The van der Waals surface area contributed by atoms with Crippen LogP contribution in [0.25, 0.3) is 93.2 Å². The van der Waals surface area contributed by atoms with Gasteiger partial charge in [0.1, 0.15) is 11.2 Å². The number of para-hydroxylation sites is 1. The molecule has 0 unspecified atom stereocenters. The minimum Gasteiger partial charge on any atom is -0.456 e. The molecule has 13 rings (SSSR count). The van der Waals surface area contributed by atoms with Crippen molar-refractivity contribution in [1.29, 1.82) is 0 Å². The van der Waals surface area contributed by atoms with E-state index in [-0.39, 0.29) is 0 Å². The van der Waals surface area contributed by atoms with Gasteiger partial charge in [0, 0.05) is 26.9 Å². The molecule has 0 saturated carbocycles. The van der Waals surface area contributed by atoms with Crippen LogP contribution < -0.4 is 20.7 Å². The van der Waals surface area contributed by atoms with Crippen molar-refractivity contribution in [2.45, 2.75) is 0 Å². The molecular formula is C56H35NOSi. The molecule has 2 nitrogen and oxygen atoms in total. The fourth-order valence-electron chi connectivity index (χ4n) is 10.5. The van der Waals surface area contributed by atoms with Crippen LogP contribution >= 0.6 is 0 Å². The second-order valence-electron chi connectivity index (χ2n) is 16.0. The highest BCUT2D eigenvalue weighted by Gasteiger charge is 2.48. The molecular weight excluding hydrogens is 731 g/mol. The van der Waals surface area contributed by atoms with Crippen molar-refractivity contribution in [3.05, 3.63) is 212 Å². The predicted octanol–water partition coefficient (Wildman–Crippen LogP) is 12.0. The molecule has 0 saturated heterocycles. The monoisotopic (exact) mass is 765 g/mol.